The van der Waals surface area contributed by atoms with Crippen molar-refractivity contribution in [1.82, 2.24) is 9.62 Å². The quantitative estimate of drug-likeness (QED) is 0.656. The van der Waals surface area contributed by atoms with Gasteiger partial charge in [-0.2, -0.15) is 0 Å². The first-order valence-electron chi connectivity index (χ1n) is 10.9. The van der Waals surface area contributed by atoms with Crippen molar-refractivity contribution in [3.05, 3.63) is 69.2 Å². The standard InChI is InChI=1S/C24H28Cl2N2O3S/c1-16(2)15-32(30,31)28-11-9-24(10-12-28)20-6-4-3-5-17(20)13-22(24)27-23(29)19-8-7-18(25)14-21(19)26/h3-8,14,16,22H,9-13,15H2,1-2H3,(H,27,29). The van der Waals surface area contributed by atoms with Crippen LogP contribution in [0.2, 0.25) is 10.0 Å². The number of hydrogen-bond acceptors (Lipinski definition) is 3. The van der Waals surface area contributed by atoms with Gasteiger partial charge in [0, 0.05) is 29.6 Å². The van der Waals surface area contributed by atoms with Gasteiger partial charge < -0.3 is 5.32 Å². The lowest BCUT2D eigenvalue weighted by atomic mass is 9.71. The number of nitrogens with zero attached hydrogens (tertiary/aromatic N) is 1. The van der Waals surface area contributed by atoms with Crippen LogP contribution in [0.5, 0.6) is 0 Å². The number of amides is 1. The predicted octanol–water partition coefficient (Wildman–Crippen LogP) is 4.67. The molecule has 2 aromatic rings. The van der Waals surface area contributed by atoms with Crippen molar-refractivity contribution < 1.29 is 13.2 Å². The van der Waals surface area contributed by atoms with E-state index in [1.54, 1.807) is 22.5 Å². The lowest BCUT2D eigenvalue weighted by Gasteiger charge is -2.43. The van der Waals surface area contributed by atoms with Crippen molar-refractivity contribution in [3.63, 3.8) is 0 Å². The topological polar surface area (TPSA) is 66.5 Å². The molecule has 4 rings (SSSR count). The minimum atomic E-state index is -3.28. The summed E-state index contributed by atoms with van der Waals surface area (Å²) in [4.78, 5) is 13.1. The highest BCUT2D eigenvalue weighted by molar-refractivity contribution is 7.89. The van der Waals surface area contributed by atoms with Gasteiger partial charge in [0.2, 0.25) is 10.0 Å². The fraction of sp³-hybridized carbons (Fsp3) is 0.458. The van der Waals surface area contributed by atoms with E-state index in [2.05, 4.69) is 17.4 Å². The summed E-state index contributed by atoms with van der Waals surface area (Å²) in [5.41, 5.74) is 2.51. The van der Waals surface area contributed by atoms with Crippen LogP contribution >= 0.6 is 23.2 Å². The van der Waals surface area contributed by atoms with E-state index < -0.39 is 10.0 Å². The first-order valence-corrected chi connectivity index (χ1v) is 13.3. The fourth-order valence-electron chi connectivity index (χ4n) is 5.19. The normalized spacial score (nSPS) is 20.5. The summed E-state index contributed by atoms with van der Waals surface area (Å²) < 4.78 is 27.2. The Kier molecular flexibility index (Phi) is 6.61. The number of rotatable bonds is 5. The van der Waals surface area contributed by atoms with Crippen LogP contribution in [0.15, 0.2) is 42.5 Å². The van der Waals surface area contributed by atoms with Gasteiger partial charge in [0.1, 0.15) is 0 Å². The third-order valence-electron chi connectivity index (χ3n) is 6.68. The Hall–Kier alpha value is -1.60. The third kappa shape index (κ3) is 4.43. The van der Waals surface area contributed by atoms with Crippen molar-refractivity contribution in [2.75, 3.05) is 18.8 Å². The van der Waals surface area contributed by atoms with Gasteiger partial charge in [0.15, 0.2) is 0 Å². The van der Waals surface area contributed by atoms with Gasteiger partial charge in [-0.3, -0.25) is 4.79 Å². The average molecular weight is 495 g/mol. The summed E-state index contributed by atoms with van der Waals surface area (Å²) in [7, 11) is -3.28. The molecule has 0 bridgehead atoms. The number of carbonyl (C=O) groups excluding carboxylic acids is 1. The number of sulfonamides is 1. The Morgan fingerprint density at radius 2 is 1.84 bits per heavy atom. The largest absolute Gasteiger partial charge is 0.348 e. The van der Waals surface area contributed by atoms with E-state index in [0.29, 0.717) is 48.0 Å². The first kappa shape index (κ1) is 23.6. The van der Waals surface area contributed by atoms with Crippen LogP contribution in [0.4, 0.5) is 0 Å². The van der Waals surface area contributed by atoms with E-state index in [1.165, 1.54) is 11.1 Å². The minimum absolute atomic E-state index is 0.0826. The molecule has 2 aromatic carbocycles. The number of nitrogens with one attached hydrogen (secondary N) is 1. The molecule has 5 nitrogen and oxygen atoms in total. The van der Waals surface area contributed by atoms with Crippen LogP contribution < -0.4 is 5.32 Å². The van der Waals surface area contributed by atoms with Crippen molar-refractivity contribution in [2.24, 2.45) is 5.92 Å². The van der Waals surface area contributed by atoms with E-state index in [9.17, 15) is 13.2 Å². The molecule has 1 fully saturated rings. The van der Waals surface area contributed by atoms with E-state index in [1.807, 2.05) is 26.0 Å². The second kappa shape index (κ2) is 8.98. The molecular formula is C24H28Cl2N2O3S. The third-order valence-corrected chi connectivity index (χ3v) is 9.47. The predicted molar refractivity (Wildman–Crippen MR) is 129 cm³/mol. The monoisotopic (exact) mass is 494 g/mol. The summed E-state index contributed by atoms with van der Waals surface area (Å²) in [6, 6.07) is 13.0. The number of carbonyl (C=O) groups is 1. The molecule has 0 aromatic heterocycles. The molecule has 0 radical (unpaired) electrons. The summed E-state index contributed by atoms with van der Waals surface area (Å²) >= 11 is 12.2. The second-order valence-corrected chi connectivity index (χ2v) is 12.1. The number of hydrogen-bond donors (Lipinski definition) is 1. The zero-order valence-electron chi connectivity index (χ0n) is 18.3. The lowest BCUT2D eigenvalue weighted by Crippen LogP contribution is -2.54. The second-order valence-electron chi connectivity index (χ2n) is 9.24. The minimum Gasteiger partial charge on any atom is -0.348 e. The van der Waals surface area contributed by atoms with Gasteiger partial charge in [-0.05, 0) is 54.5 Å². The highest BCUT2D eigenvalue weighted by Gasteiger charge is 2.50. The molecule has 1 amide bonds. The van der Waals surface area contributed by atoms with Gasteiger partial charge in [0.25, 0.3) is 5.91 Å². The van der Waals surface area contributed by atoms with Gasteiger partial charge >= 0.3 is 0 Å². The fourth-order valence-corrected chi connectivity index (χ4v) is 7.48. The average Bonchev–Trinajstić information content (AvgIpc) is 3.00. The van der Waals surface area contributed by atoms with Crippen LogP contribution in [0, 0.1) is 5.92 Å². The van der Waals surface area contributed by atoms with Gasteiger partial charge in [-0.25, -0.2) is 12.7 Å². The van der Waals surface area contributed by atoms with Crippen molar-refractivity contribution >= 4 is 39.1 Å². The van der Waals surface area contributed by atoms with Crippen LogP contribution in [0.3, 0.4) is 0 Å². The summed E-state index contributed by atoms with van der Waals surface area (Å²) in [5, 5.41) is 4.01. The van der Waals surface area contributed by atoms with Gasteiger partial charge in [-0.15, -0.1) is 0 Å². The lowest BCUT2D eigenvalue weighted by molar-refractivity contribution is 0.0897. The molecule has 1 aliphatic heterocycles. The van der Waals surface area contributed by atoms with E-state index in [0.717, 1.165) is 0 Å². The Morgan fingerprint density at radius 1 is 1.16 bits per heavy atom. The Labute approximate surface area is 200 Å². The zero-order chi connectivity index (χ0) is 23.1. The van der Waals surface area contributed by atoms with Crippen LogP contribution in [-0.4, -0.2) is 43.5 Å². The molecule has 1 N–H and O–H groups in total. The number of fused-ring (bicyclic) bond motifs is 2. The Bertz CT molecular complexity index is 1130. The van der Waals surface area contributed by atoms with Crippen molar-refractivity contribution in [3.8, 4) is 0 Å². The van der Waals surface area contributed by atoms with Crippen molar-refractivity contribution in [2.45, 2.75) is 44.6 Å². The number of halogens is 2. The van der Waals surface area contributed by atoms with Crippen molar-refractivity contribution in [1.29, 1.82) is 0 Å². The van der Waals surface area contributed by atoms with Crippen LogP contribution in [-0.2, 0) is 21.9 Å². The number of piperidine rings is 1. The van der Waals surface area contributed by atoms with E-state index >= 15 is 0 Å². The summed E-state index contributed by atoms with van der Waals surface area (Å²) in [6.07, 6.45) is 2.05. The first-order chi connectivity index (χ1) is 15.1. The molecule has 1 saturated heterocycles. The molecule has 172 valence electrons. The molecule has 0 saturated carbocycles. The van der Waals surface area contributed by atoms with Crippen LogP contribution in [0.1, 0.15) is 48.2 Å². The highest BCUT2D eigenvalue weighted by Crippen LogP contribution is 2.47. The molecule has 8 heteroatoms. The van der Waals surface area contributed by atoms with E-state index in [4.69, 9.17) is 23.2 Å². The summed E-state index contributed by atoms with van der Waals surface area (Å²) in [6.45, 7) is 4.75. The molecule has 1 aliphatic carbocycles. The molecule has 1 heterocycles. The maximum atomic E-state index is 13.1. The number of benzene rings is 2. The molecule has 32 heavy (non-hydrogen) atoms. The van der Waals surface area contributed by atoms with Crippen LogP contribution in [0.25, 0.3) is 0 Å². The maximum absolute atomic E-state index is 13.1. The smallest absolute Gasteiger partial charge is 0.253 e. The Balaban J connectivity index is 1.59. The summed E-state index contributed by atoms with van der Waals surface area (Å²) in [5.74, 6) is 0.00388. The zero-order valence-corrected chi connectivity index (χ0v) is 20.6. The van der Waals surface area contributed by atoms with Gasteiger partial charge in [0.05, 0.1) is 16.3 Å². The molecule has 1 spiro atoms. The molecular weight excluding hydrogens is 467 g/mol. The Morgan fingerprint density at radius 3 is 2.50 bits per heavy atom. The molecule has 2 aliphatic rings. The SMILES string of the molecule is CC(C)CS(=O)(=O)N1CCC2(CC1)c1ccccc1CC2NC(=O)c1ccc(Cl)cc1Cl. The highest BCUT2D eigenvalue weighted by atomic mass is 35.5. The van der Waals surface area contributed by atoms with Gasteiger partial charge in [-0.1, -0.05) is 61.3 Å². The maximum Gasteiger partial charge on any atom is 0.253 e. The van der Waals surface area contributed by atoms with E-state index in [-0.39, 0.29) is 29.0 Å². The molecule has 1 atom stereocenters. The molecule has 1 unspecified atom stereocenters.